The Balaban J connectivity index is 1.47. The highest BCUT2D eigenvalue weighted by Crippen LogP contribution is 2.18. The molecule has 2 aromatic heterocycles. The van der Waals surface area contributed by atoms with Gasteiger partial charge in [0.15, 0.2) is 15.6 Å². The Bertz CT molecular complexity index is 1380. The van der Waals surface area contributed by atoms with Crippen LogP contribution in [0.4, 0.5) is 0 Å². The Kier molecular flexibility index (Phi) is 5.38. The molecule has 0 unspecified atom stereocenters. The van der Waals surface area contributed by atoms with Gasteiger partial charge in [0.1, 0.15) is 11.0 Å². The lowest BCUT2D eigenvalue weighted by atomic mass is 10.1. The molecule has 0 saturated heterocycles. The molecule has 0 saturated carbocycles. The second kappa shape index (κ2) is 8.15. The number of benzene rings is 2. The number of pyridine rings is 1. The molecule has 2 heterocycles. The second-order valence-corrected chi connectivity index (χ2v) is 8.94. The molecule has 1 N–H and O–H groups in total. The summed E-state index contributed by atoms with van der Waals surface area (Å²) >= 11 is 0. The molecule has 0 radical (unpaired) electrons. The van der Waals surface area contributed by atoms with E-state index < -0.39 is 15.7 Å². The lowest BCUT2D eigenvalue weighted by Crippen LogP contribution is -2.23. The summed E-state index contributed by atoms with van der Waals surface area (Å²) in [6.07, 6.45) is 2.67. The fourth-order valence-electron chi connectivity index (χ4n) is 3.04. The summed E-state index contributed by atoms with van der Waals surface area (Å²) in [6.45, 7) is 1.82. The van der Waals surface area contributed by atoms with Gasteiger partial charge in [-0.15, -0.1) is 5.10 Å². The third-order valence-corrected chi connectivity index (χ3v) is 5.82. The monoisotopic (exact) mass is 437 g/mol. The number of rotatable bonds is 6. The van der Waals surface area contributed by atoms with Gasteiger partial charge in [-0.25, -0.2) is 8.42 Å². The van der Waals surface area contributed by atoms with Gasteiger partial charge in [-0.05, 0) is 42.0 Å². The Morgan fingerprint density at radius 1 is 1.13 bits per heavy atom. The normalized spacial score (nSPS) is 11.4. The number of sulfone groups is 1. The van der Waals surface area contributed by atoms with Gasteiger partial charge in [0.2, 0.25) is 0 Å². The summed E-state index contributed by atoms with van der Waals surface area (Å²) in [6, 6.07) is 15.3. The number of carbonyl (C=O) groups is 1. The minimum atomic E-state index is -3.43. The standard InChI is InChI=1S/C21H19N5O4S/c1-14-7-8-15(11-20(14)31(2,28)29)21(27)23-13-16-12-17(9-10-22-16)30-26-19-6-4-3-5-18(19)24-25-26/h3-12H,13H2,1-2H3,(H,23,27). The Morgan fingerprint density at radius 2 is 1.94 bits per heavy atom. The molecule has 158 valence electrons. The van der Waals surface area contributed by atoms with E-state index in [4.69, 9.17) is 4.84 Å². The fourth-order valence-corrected chi connectivity index (χ4v) is 4.03. The minimum Gasteiger partial charge on any atom is -0.356 e. The summed E-state index contributed by atoms with van der Waals surface area (Å²) in [5.41, 5.74) is 2.83. The number of carbonyl (C=O) groups excluding carboxylic acids is 1. The first-order chi connectivity index (χ1) is 14.8. The zero-order valence-corrected chi connectivity index (χ0v) is 17.6. The molecule has 9 nitrogen and oxygen atoms in total. The van der Waals surface area contributed by atoms with Gasteiger partial charge in [0, 0.05) is 30.1 Å². The number of para-hydroxylation sites is 1. The molecule has 0 aliphatic heterocycles. The van der Waals surface area contributed by atoms with E-state index in [0.29, 0.717) is 22.5 Å². The average Bonchev–Trinajstić information content (AvgIpc) is 3.15. The molecule has 0 atom stereocenters. The number of hydrogen-bond donors (Lipinski definition) is 1. The van der Waals surface area contributed by atoms with Gasteiger partial charge in [-0.1, -0.05) is 23.0 Å². The van der Waals surface area contributed by atoms with Gasteiger partial charge >= 0.3 is 0 Å². The molecule has 4 aromatic rings. The summed E-state index contributed by atoms with van der Waals surface area (Å²) in [7, 11) is -3.43. The predicted octanol–water partition coefficient (Wildman–Crippen LogP) is 2.31. The number of nitrogens with zero attached hydrogens (tertiary/aromatic N) is 4. The Morgan fingerprint density at radius 3 is 2.74 bits per heavy atom. The molecule has 0 aliphatic carbocycles. The molecule has 1 amide bonds. The summed E-state index contributed by atoms with van der Waals surface area (Å²) in [4.78, 5) is 23.9. The van der Waals surface area contributed by atoms with Crippen molar-refractivity contribution in [2.45, 2.75) is 18.4 Å². The van der Waals surface area contributed by atoms with E-state index in [-0.39, 0.29) is 17.0 Å². The van der Waals surface area contributed by atoms with Crippen molar-refractivity contribution in [3.05, 3.63) is 77.6 Å². The van der Waals surface area contributed by atoms with Crippen LogP contribution >= 0.6 is 0 Å². The van der Waals surface area contributed by atoms with Gasteiger partial charge < -0.3 is 10.2 Å². The van der Waals surface area contributed by atoms with Crippen molar-refractivity contribution < 1.29 is 18.0 Å². The lowest BCUT2D eigenvalue weighted by Gasteiger charge is -2.09. The van der Waals surface area contributed by atoms with E-state index >= 15 is 0 Å². The van der Waals surface area contributed by atoms with Crippen molar-refractivity contribution >= 4 is 26.8 Å². The van der Waals surface area contributed by atoms with Gasteiger partial charge in [-0.3, -0.25) is 9.78 Å². The number of amides is 1. The highest BCUT2D eigenvalue weighted by molar-refractivity contribution is 7.90. The number of nitrogens with one attached hydrogen (secondary N) is 1. The molecular weight excluding hydrogens is 418 g/mol. The molecule has 0 fully saturated rings. The Labute approximate surface area is 178 Å². The van der Waals surface area contributed by atoms with Crippen molar-refractivity contribution in [1.29, 1.82) is 0 Å². The molecule has 4 rings (SSSR count). The third-order valence-electron chi connectivity index (χ3n) is 4.58. The van der Waals surface area contributed by atoms with Crippen LogP contribution in [0.5, 0.6) is 5.75 Å². The molecule has 31 heavy (non-hydrogen) atoms. The van der Waals surface area contributed by atoms with Crippen molar-refractivity contribution in [2.24, 2.45) is 0 Å². The predicted molar refractivity (Wildman–Crippen MR) is 113 cm³/mol. The minimum absolute atomic E-state index is 0.133. The largest absolute Gasteiger partial charge is 0.356 e. The maximum absolute atomic E-state index is 12.5. The smallest absolute Gasteiger partial charge is 0.251 e. The topological polar surface area (TPSA) is 116 Å². The van der Waals surface area contributed by atoms with Crippen LogP contribution in [0.15, 0.2) is 65.7 Å². The van der Waals surface area contributed by atoms with Crippen LogP contribution < -0.4 is 10.2 Å². The fraction of sp³-hybridized carbons (Fsp3) is 0.143. The van der Waals surface area contributed by atoms with E-state index in [2.05, 4.69) is 20.6 Å². The zero-order chi connectivity index (χ0) is 22.0. The van der Waals surface area contributed by atoms with Crippen LogP contribution in [0.1, 0.15) is 21.6 Å². The average molecular weight is 437 g/mol. The highest BCUT2D eigenvalue weighted by atomic mass is 32.2. The van der Waals surface area contributed by atoms with E-state index in [9.17, 15) is 13.2 Å². The SMILES string of the molecule is Cc1ccc(C(=O)NCc2cc(On3nnc4ccccc43)ccn2)cc1S(C)(=O)=O. The molecule has 0 spiro atoms. The van der Waals surface area contributed by atoms with Crippen LogP contribution in [0.2, 0.25) is 0 Å². The van der Waals surface area contributed by atoms with Gasteiger partial charge in [0.05, 0.1) is 17.1 Å². The van der Waals surface area contributed by atoms with Crippen molar-refractivity contribution in [3.8, 4) is 5.75 Å². The Hall–Kier alpha value is -3.79. The van der Waals surface area contributed by atoms with Gasteiger partial charge in [0.25, 0.3) is 5.91 Å². The molecule has 2 aromatic carbocycles. The van der Waals surface area contributed by atoms with Crippen molar-refractivity contribution in [2.75, 3.05) is 6.26 Å². The quantitative estimate of drug-likeness (QED) is 0.492. The van der Waals surface area contributed by atoms with Crippen molar-refractivity contribution in [1.82, 2.24) is 25.5 Å². The first-order valence-electron chi connectivity index (χ1n) is 9.34. The second-order valence-electron chi connectivity index (χ2n) is 6.96. The highest BCUT2D eigenvalue weighted by Gasteiger charge is 2.15. The van der Waals surface area contributed by atoms with Crippen molar-refractivity contribution in [3.63, 3.8) is 0 Å². The van der Waals surface area contributed by atoms with Crippen LogP contribution in [0, 0.1) is 6.92 Å². The van der Waals surface area contributed by atoms with E-state index in [1.54, 1.807) is 37.4 Å². The number of fused-ring (bicyclic) bond motifs is 1. The van der Waals surface area contributed by atoms with E-state index in [0.717, 1.165) is 11.8 Å². The third kappa shape index (κ3) is 4.53. The summed E-state index contributed by atoms with van der Waals surface area (Å²) in [5, 5.41) is 10.8. The molecule has 0 bridgehead atoms. The first kappa shape index (κ1) is 20.5. The van der Waals surface area contributed by atoms with E-state index in [1.807, 2.05) is 24.3 Å². The summed E-state index contributed by atoms with van der Waals surface area (Å²) in [5.74, 6) is 0.0740. The maximum atomic E-state index is 12.5. The number of hydrogen-bond acceptors (Lipinski definition) is 7. The molecule has 0 aliphatic rings. The van der Waals surface area contributed by atoms with E-state index in [1.165, 1.54) is 10.9 Å². The van der Waals surface area contributed by atoms with Crippen LogP contribution in [0.25, 0.3) is 11.0 Å². The number of aryl methyl sites for hydroxylation is 1. The van der Waals surface area contributed by atoms with Crippen LogP contribution in [-0.2, 0) is 16.4 Å². The molecular formula is C21H19N5O4S. The van der Waals surface area contributed by atoms with Gasteiger partial charge in [-0.2, -0.15) is 0 Å². The molecule has 10 heteroatoms. The first-order valence-corrected chi connectivity index (χ1v) is 11.2. The zero-order valence-electron chi connectivity index (χ0n) is 16.8. The van der Waals surface area contributed by atoms with Crippen LogP contribution in [-0.4, -0.2) is 40.7 Å². The van der Waals surface area contributed by atoms with Crippen LogP contribution in [0.3, 0.4) is 0 Å². The number of aromatic nitrogens is 4. The maximum Gasteiger partial charge on any atom is 0.251 e. The lowest BCUT2D eigenvalue weighted by molar-refractivity contribution is 0.0950. The summed E-state index contributed by atoms with van der Waals surface area (Å²) < 4.78 is 23.8.